The van der Waals surface area contributed by atoms with E-state index in [4.69, 9.17) is 15.2 Å². The van der Waals surface area contributed by atoms with Crippen LogP contribution in [-0.4, -0.2) is 60.4 Å². The van der Waals surface area contributed by atoms with Gasteiger partial charge in [-0.3, -0.25) is 0 Å². The number of carbonyl (C=O) groups is 1. The number of nitrogens with two attached hydrogens (primary N) is 1. The van der Waals surface area contributed by atoms with Gasteiger partial charge in [-0.15, -0.1) is 12.4 Å². The number of likely N-dealkylation sites (tertiary alicyclic amines) is 1. The number of rotatable bonds is 6. The Morgan fingerprint density at radius 2 is 1.83 bits per heavy atom. The van der Waals surface area contributed by atoms with Gasteiger partial charge in [0.1, 0.15) is 23.2 Å². The second kappa shape index (κ2) is 12.1. The molecular formula is C26H35ClF2N4O3. The maximum absolute atomic E-state index is 14.3. The number of piperidine rings is 1. The maximum atomic E-state index is 14.3. The van der Waals surface area contributed by atoms with Crippen molar-refractivity contribution < 1.29 is 23.0 Å². The summed E-state index contributed by atoms with van der Waals surface area (Å²) in [6, 6.07) is 6.90. The first-order valence-electron chi connectivity index (χ1n) is 12.2. The lowest BCUT2D eigenvalue weighted by atomic mass is 9.92. The molecule has 1 aromatic heterocycles. The van der Waals surface area contributed by atoms with E-state index in [2.05, 4.69) is 4.98 Å². The predicted molar refractivity (Wildman–Crippen MR) is 137 cm³/mol. The third kappa shape index (κ3) is 6.56. The largest absolute Gasteiger partial charge is 0.489 e. The Bertz CT molecular complexity index is 1020. The van der Waals surface area contributed by atoms with E-state index in [1.165, 1.54) is 6.07 Å². The fraction of sp³-hybridized carbons (Fsp3) is 0.538. The zero-order chi connectivity index (χ0) is 25.1. The van der Waals surface area contributed by atoms with Crippen LogP contribution in [0, 0.1) is 17.6 Å². The van der Waals surface area contributed by atoms with Gasteiger partial charge in [-0.2, -0.15) is 0 Å². The van der Waals surface area contributed by atoms with E-state index < -0.39 is 11.6 Å². The van der Waals surface area contributed by atoms with Crippen LogP contribution in [0.1, 0.15) is 45.1 Å². The van der Waals surface area contributed by atoms with Crippen molar-refractivity contribution in [1.82, 2.24) is 9.88 Å². The average molecular weight is 525 g/mol. The average Bonchev–Trinajstić information content (AvgIpc) is 3.22. The standard InChI is InChI=1S/C26H34F2N4O3.ClH/c1-16(2)34-26(33)31-10-8-18(9-11-31)17(3)35-20-5-7-25(30-13-20)32-14-22(24(29)15-32)21-12-19(27)4-6-23(21)28;/h4-7,12-13,16-18,22,24H,8-11,14-15,29H2,1-3H3;1H/t17-,22-,24+;/m1./s1. The summed E-state index contributed by atoms with van der Waals surface area (Å²) >= 11 is 0. The minimum atomic E-state index is -0.470. The first-order valence-corrected chi connectivity index (χ1v) is 12.2. The van der Waals surface area contributed by atoms with Gasteiger partial charge in [0.25, 0.3) is 0 Å². The van der Waals surface area contributed by atoms with Crippen molar-refractivity contribution in [2.24, 2.45) is 11.7 Å². The molecular weight excluding hydrogens is 490 g/mol. The molecule has 1 aromatic carbocycles. The van der Waals surface area contributed by atoms with E-state index in [9.17, 15) is 13.6 Å². The highest BCUT2D eigenvalue weighted by Crippen LogP contribution is 2.32. The molecule has 7 nitrogen and oxygen atoms in total. The molecule has 3 heterocycles. The van der Waals surface area contributed by atoms with Crippen molar-refractivity contribution in [3.8, 4) is 5.75 Å². The van der Waals surface area contributed by atoms with Crippen LogP contribution in [0.2, 0.25) is 0 Å². The van der Waals surface area contributed by atoms with Crippen molar-refractivity contribution >= 4 is 24.3 Å². The van der Waals surface area contributed by atoms with Crippen LogP contribution >= 0.6 is 12.4 Å². The Morgan fingerprint density at radius 3 is 2.47 bits per heavy atom. The smallest absolute Gasteiger partial charge is 0.410 e. The van der Waals surface area contributed by atoms with Crippen LogP contribution in [0.4, 0.5) is 19.4 Å². The molecule has 2 fully saturated rings. The predicted octanol–water partition coefficient (Wildman–Crippen LogP) is 4.74. The number of aromatic nitrogens is 1. The van der Waals surface area contributed by atoms with Gasteiger partial charge in [0.05, 0.1) is 18.4 Å². The number of amides is 1. The van der Waals surface area contributed by atoms with Crippen LogP contribution in [0.5, 0.6) is 5.75 Å². The summed E-state index contributed by atoms with van der Waals surface area (Å²) in [6.07, 6.45) is 2.99. The number of hydrogen-bond donors (Lipinski definition) is 1. The first kappa shape index (κ1) is 27.9. The van der Waals surface area contributed by atoms with Gasteiger partial charge in [0.15, 0.2) is 0 Å². The maximum Gasteiger partial charge on any atom is 0.410 e. The Hall–Kier alpha value is -2.65. The minimum Gasteiger partial charge on any atom is -0.489 e. The van der Waals surface area contributed by atoms with E-state index in [0.29, 0.717) is 43.4 Å². The molecule has 0 bridgehead atoms. The first-order chi connectivity index (χ1) is 16.7. The molecule has 0 spiro atoms. The summed E-state index contributed by atoms with van der Waals surface area (Å²) in [7, 11) is 0. The van der Waals surface area contributed by atoms with Crippen LogP contribution in [0.25, 0.3) is 0 Å². The fourth-order valence-corrected chi connectivity index (χ4v) is 4.91. The molecule has 10 heteroatoms. The summed E-state index contributed by atoms with van der Waals surface area (Å²) in [6.45, 7) is 8.01. The number of hydrogen-bond acceptors (Lipinski definition) is 6. The van der Waals surface area contributed by atoms with Crippen molar-refractivity contribution in [1.29, 1.82) is 0 Å². The Balaban J connectivity index is 0.00000361. The van der Waals surface area contributed by atoms with Gasteiger partial charge < -0.3 is 25.0 Å². The molecule has 4 rings (SSSR count). The van der Waals surface area contributed by atoms with Gasteiger partial charge in [-0.05, 0) is 75.4 Å². The molecule has 198 valence electrons. The van der Waals surface area contributed by atoms with Gasteiger partial charge in [-0.1, -0.05) is 0 Å². The highest BCUT2D eigenvalue weighted by molar-refractivity contribution is 5.85. The zero-order valence-electron chi connectivity index (χ0n) is 20.9. The van der Waals surface area contributed by atoms with Crippen molar-refractivity contribution in [3.63, 3.8) is 0 Å². The number of halogens is 3. The molecule has 2 N–H and O–H groups in total. The van der Waals surface area contributed by atoms with E-state index in [0.717, 1.165) is 30.8 Å². The lowest BCUT2D eigenvalue weighted by molar-refractivity contribution is 0.0494. The summed E-state index contributed by atoms with van der Waals surface area (Å²) in [5.74, 6) is 0.489. The number of nitrogens with zero attached hydrogens (tertiary/aromatic N) is 3. The summed E-state index contributed by atoms with van der Waals surface area (Å²) in [4.78, 5) is 20.4. The van der Waals surface area contributed by atoms with E-state index >= 15 is 0 Å². The van der Waals surface area contributed by atoms with Gasteiger partial charge >= 0.3 is 6.09 Å². The van der Waals surface area contributed by atoms with Gasteiger partial charge in [0, 0.05) is 38.1 Å². The quantitative estimate of drug-likeness (QED) is 0.588. The fourth-order valence-electron chi connectivity index (χ4n) is 4.91. The van der Waals surface area contributed by atoms with E-state index in [1.54, 1.807) is 11.1 Å². The van der Waals surface area contributed by atoms with Crippen molar-refractivity contribution in [2.75, 3.05) is 31.1 Å². The number of benzene rings is 1. The van der Waals surface area contributed by atoms with Crippen LogP contribution in [-0.2, 0) is 4.74 Å². The lowest BCUT2D eigenvalue weighted by Crippen LogP contribution is -2.42. The molecule has 2 aliphatic heterocycles. The lowest BCUT2D eigenvalue weighted by Gasteiger charge is -2.34. The van der Waals surface area contributed by atoms with Crippen LogP contribution < -0.4 is 15.4 Å². The van der Waals surface area contributed by atoms with Crippen LogP contribution in [0.3, 0.4) is 0 Å². The molecule has 2 aromatic rings. The molecule has 3 atom stereocenters. The molecule has 2 saturated heterocycles. The van der Waals surface area contributed by atoms with E-state index in [1.807, 2.05) is 37.8 Å². The summed E-state index contributed by atoms with van der Waals surface area (Å²) in [5.41, 5.74) is 6.58. The molecule has 0 unspecified atom stereocenters. The Morgan fingerprint density at radius 1 is 1.11 bits per heavy atom. The van der Waals surface area contributed by atoms with E-state index in [-0.39, 0.29) is 42.7 Å². The number of anilines is 1. The highest BCUT2D eigenvalue weighted by Gasteiger charge is 2.34. The third-order valence-corrected chi connectivity index (χ3v) is 6.89. The number of pyridine rings is 1. The summed E-state index contributed by atoms with van der Waals surface area (Å²) in [5, 5.41) is 0. The van der Waals surface area contributed by atoms with Crippen molar-refractivity contribution in [3.05, 3.63) is 53.7 Å². The molecule has 0 saturated carbocycles. The third-order valence-electron chi connectivity index (χ3n) is 6.89. The van der Waals surface area contributed by atoms with Crippen molar-refractivity contribution in [2.45, 2.75) is 57.8 Å². The zero-order valence-corrected chi connectivity index (χ0v) is 21.7. The van der Waals surface area contributed by atoms with Gasteiger partial charge in [0.2, 0.25) is 0 Å². The Kier molecular flexibility index (Phi) is 9.35. The normalized spacial score (nSPS) is 21.3. The highest BCUT2D eigenvalue weighted by atomic mass is 35.5. The number of ether oxygens (including phenoxy) is 2. The van der Waals surface area contributed by atoms with Crippen LogP contribution in [0.15, 0.2) is 36.5 Å². The second-order valence-electron chi connectivity index (χ2n) is 9.77. The minimum absolute atomic E-state index is 0. The molecule has 0 radical (unpaired) electrons. The molecule has 0 aliphatic carbocycles. The molecule has 2 aliphatic rings. The summed E-state index contributed by atoms with van der Waals surface area (Å²) < 4.78 is 39.3. The Labute approximate surface area is 217 Å². The SMILES string of the molecule is CC(C)OC(=O)N1CCC([C@@H](C)Oc2ccc(N3C[C@H](c4cc(F)ccc4F)[C@@H](N)C3)nc2)CC1.Cl. The molecule has 36 heavy (non-hydrogen) atoms. The number of carbonyl (C=O) groups excluding carboxylic acids is 1. The molecule has 1 amide bonds. The topological polar surface area (TPSA) is 80.9 Å². The van der Waals surface area contributed by atoms with Gasteiger partial charge in [-0.25, -0.2) is 18.6 Å². The second-order valence-corrected chi connectivity index (χ2v) is 9.77. The monoisotopic (exact) mass is 524 g/mol.